The van der Waals surface area contributed by atoms with E-state index >= 15 is 0 Å². The number of aliphatic hydroxyl groups is 1. The van der Waals surface area contributed by atoms with E-state index in [2.05, 4.69) is 0 Å². The quantitative estimate of drug-likeness (QED) is 0.553. The summed E-state index contributed by atoms with van der Waals surface area (Å²) < 4.78 is 9.66. The Morgan fingerprint density at radius 3 is 2.00 bits per heavy atom. The van der Waals surface area contributed by atoms with Gasteiger partial charge in [0.2, 0.25) is 0 Å². The first-order chi connectivity index (χ1) is 4.20. The molecule has 0 spiro atoms. The average Bonchev–Trinajstić information content (AvgIpc) is 1.82. The molecule has 1 atom stereocenters. The van der Waals surface area contributed by atoms with Crippen molar-refractivity contribution in [3.05, 3.63) is 0 Å². The average molecular weight is 132 g/mol. The summed E-state index contributed by atoms with van der Waals surface area (Å²) in [5, 5.41) is 8.82. The number of hydrogen-bond acceptors (Lipinski definition) is 3. The molecule has 9 heavy (non-hydrogen) atoms. The predicted octanol–water partition coefficient (Wildman–Crippen LogP) is 0.148. The van der Waals surface area contributed by atoms with Gasteiger partial charge in [0.05, 0.1) is 0 Å². The molecular weight excluding hydrogens is 119 g/mol. The molecule has 0 aromatic heterocycles. The van der Waals surface area contributed by atoms with Gasteiger partial charge in [-0.25, -0.2) is 0 Å². The molecule has 0 saturated carbocycles. The Labute approximate surface area is 56.1 Å². The molecule has 1 unspecified atom stereocenters. The van der Waals surface area contributed by atoms with Crippen LogP contribution in [0.15, 0.2) is 0 Å². The summed E-state index contributed by atoms with van der Waals surface area (Å²) in [5.74, 6) is 0. The Bertz CT molecular complexity index is 63.2. The molecule has 0 radical (unpaired) electrons. The van der Waals surface area contributed by atoms with Crippen LogP contribution in [0.25, 0.3) is 0 Å². The molecule has 0 heterocycles. The molecule has 0 aliphatic rings. The number of aliphatic hydroxyl groups excluding tert-OH is 1. The largest absolute Gasteiger partial charge is 0.459 e. The summed E-state index contributed by atoms with van der Waals surface area (Å²) in [6, 6.07) is 0. The van der Waals surface area contributed by atoms with Crippen LogP contribution in [0.3, 0.4) is 0 Å². The topological polar surface area (TPSA) is 38.7 Å². The van der Waals surface area contributed by atoms with Crippen LogP contribution in [0.5, 0.6) is 0 Å². The second-order valence-electron chi connectivity index (χ2n) is 1.99. The Kier molecular flexibility index (Phi) is 4.76. The molecule has 0 aliphatic heterocycles. The van der Waals surface area contributed by atoms with E-state index in [0.29, 0.717) is 6.32 Å². The van der Waals surface area contributed by atoms with E-state index in [1.165, 1.54) is 0 Å². The lowest BCUT2D eigenvalue weighted by molar-refractivity contribution is 0.191. The van der Waals surface area contributed by atoms with E-state index in [9.17, 15) is 0 Å². The third kappa shape index (κ3) is 4.45. The van der Waals surface area contributed by atoms with Crippen LogP contribution < -0.4 is 0 Å². The van der Waals surface area contributed by atoms with Crippen molar-refractivity contribution in [3.8, 4) is 0 Å². The van der Waals surface area contributed by atoms with Gasteiger partial charge in [0.25, 0.3) is 0 Å². The second-order valence-corrected chi connectivity index (χ2v) is 1.99. The maximum absolute atomic E-state index is 8.82. The standard InChI is InChI=1S/C5H13BO3/c1-5(7)4-6(8-2)9-3/h5,7H,4H2,1-3H3. The highest BCUT2D eigenvalue weighted by atomic mass is 16.6. The summed E-state index contributed by atoms with van der Waals surface area (Å²) in [5.41, 5.74) is 0. The van der Waals surface area contributed by atoms with Crippen molar-refractivity contribution >= 4 is 7.12 Å². The Balaban J connectivity index is 3.31. The first-order valence-corrected chi connectivity index (χ1v) is 2.94. The van der Waals surface area contributed by atoms with E-state index < -0.39 is 0 Å². The molecule has 4 heteroatoms. The molecule has 0 aliphatic carbocycles. The van der Waals surface area contributed by atoms with Gasteiger partial charge in [-0.3, -0.25) is 0 Å². The highest BCUT2D eigenvalue weighted by Gasteiger charge is 2.16. The van der Waals surface area contributed by atoms with Crippen molar-refractivity contribution in [1.29, 1.82) is 0 Å². The molecule has 0 aromatic carbocycles. The molecular formula is C5H13BO3. The third-order valence-corrected chi connectivity index (χ3v) is 1.06. The van der Waals surface area contributed by atoms with Crippen LogP contribution in [-0.2, 0) is 9.31 Å². The summed E-state index contributed by atoms with van der Waals surface area (Å²) in [4.78, 5) is 0. The first-order valence-electron chi connectivity index (χ1n) is 2.94. The first kappa shape index (κ1) is 8.94. The minimum Gasteiger partial charge on any atom is -0.414 e. The Morgan fingerprint density at radius 1 is 1.44 bits per heavy atom. The fourth-order valence-electron chi connectivity index (χ4n) is 0.567. The minimum atomic E-state index is -0.366. The smallest absolute Gasteiger partial charge is 0.414 e. The van der Waals surface area contributed by atoms with Gasteiger partial charge in [-0.2, -0.15) is 0 Å². The Morgan fingerprint density at radius 2 is 1.89 bits per heavy atom. The zero-order chi connectivity index (χ0) is 7.28. The molecule has 3 nitrogen and oxygen atoms in total. The number of rotatable bonds is 4. The lowest BCUT2D eigenvalue weighted by Crippen LogP contribution is -2.23. The van der Waals surface area contributed by atoms with Crippen molar-refractivity contribution in [2.75, 3.05) is 14.2 Å². The zero-order valence-electron chi connectivity index (χ0n) is 6.13. The van der Waals surface area contributed by atoms with Crippen molar-refractivity contribution < 1.29 is 14.4 Å². The van der Waals surface area contributed by atoms with Crippen molar-refractivity contribution in [1.82, 2.24) is 0 Å². The van der Waals surface area contributed by atoms with E-state index in [1.807, 2.05) is 0 Å². The van der Waals surface area contributed by atoms with E-state index in [4.69, 9.17) is 14.4 Å². The van der Waals surface area contributed by atoms with Crippen LogP contribution in [0.4, 0.5) is 0 Å². The van der Waals surface area contributed by atoms with Gasteiger partial charge in [0.15, 0.2) is 0 Å². The predicted molar refractivity (Wildman–Crippen MR) is 36.3 cm³/mol. The van der Waals surface area contributed by atoms with Crippen LogP contribution in [0, 0.1) is 0 Å². The third-order valence-electron chi connectivity index (χ3n) is 1.06. The van der Waals surface area contributed by atoms with E-state index in [-0.39, 0.29) is 13.2 Å². The molecule has 0 rings (SSSR count). The highest BCUT2D eigenvalue weighted by molar-refractivity contribution is 6.44. The normalized spacial score (nSPS) is 13.3. The van der Waals surface area contributed by atoms with Gasteiger partial charge in [0.1, 0.15) is 0 Å². The molecule has 0 amide bonds. The van der Waals surface area contributed by atoms with E-state index in [0.717, 1.165) is 0 Å². The molecule has 54 valence electrons. The SMILES string of the molecule is COB(CC(C)O)OC. The molecule has 0 fully saturated rings. The molecule has 0 saturated heterocycles. The van der Waals surface area contributed by atoms with Gasteiger partial charge in [-0.05, 0) is 6.92 Å². The minimum absolute atomic E-state index is 0.273. The maximum Gasteiger partial charge on any atom is 0.459 e. The lowest BCUT2D eigenvalue weighted by atomic mass is 9.82. The van der Waals surface area contributed by atoms with Crippen LogP contribution in [-0.4, -0.2) is 32.5 Å². The molecule has 1 N–H and O–H groups in total. The molecule has 0 aromatic rings. The van der Waals surface area contributed by atoms with Crippen LogP contribution >= 0.6 is 0 Å². The lowest BCUT2D eigenvalue weighted by Gasteiger charge is -2.08. The Hall–Kier alpha value is -0.0551. The van der Waals surface area contributed by atoms with Crippen molar-refractivity contribution in [3.63, 3.8) is 0 Å². The highest BCUT2D eigenvalue weighted by Crippen LogP contribution is 1.98. The van der Waals surface area contributed by atoms with Gasteiger partial charge < -0.3 is 14.4 Å². The fraction of sp³-hybridized carbons (Fsp3) is 1.00. The van der Waals surface area contributed by atoms with Gasteiger partial charge >= 0.3 is 7.12 Å². The van der Waals surface area contributed by atoms with Crippen LogP contribution in [0.2, 0.25) is 6.32 Å². The number of hydrogen-bond donors (Lipinski definition) is 1. The second kappa shape index (κ2) is 4.79. The fourth-order valence-corrected chi connectivity index (χ4v) is 0.567. The summed E-state index contributed by atoms with van der Waals surface area (Å²) >= 11 is 0. The summed E-state index contributed by atoms with van der Waals surface area (Å²) in [6.45, 7) is 1.70. The summed E-state index contributed by atoms with van der Waals surface area (Å²) in [6.07, 6.45) is 0.155. The molecule has 0 bridgehead atoms. The van der Waals surface area contributed by atoms with Gasteiger partial charge in [-0.15, -0.1) is 0 Å². The van der Waals surface area contributed by atoms with Gasteiger partial charge in [-0.1, -0.05) is 0 Å². The van der Waals surface area contributed by atoms with Crippen LogP contribution in [0.1, 0.15) is 6.92 Å². The van der Waals surface area contributed by atoms with Crippen molar-refractivity contribution in [2.45, 2.75) is 19.3 Å². The van der Waals surface area contributed by atoms with Crippen molar-refractivity contribution in [2.24, 2.45) is 0 Å². The zero-order valence-corrected chi connectivity index (χ0v) is 6.13. The van der Waals surface area contributed by atoms with Gasteiger partial charge in [0, 0.05) is 26.6 Å². The van der Waals surface area contributed by atoms with E-state index in [1.54, 1.807) is 21.1 Å². The monoisotopic (exact) mass is 132 g/mol. The maximum atomic E-state index is 8.82. The summed E-state index contributed by atoms with van der Waals surface area (Å²) in [7, 11) is 2.83.